The molecule has 1 amide bonds. The van der Waals surface area contributed by atoms with Crippen LogP contribution < -0.4 is 10.5 Å². The highest BCUT2D eigenvalue weighted by atomic mass is 16.5. The molecule has 0 saturated carbocycles. The molecule has 9 nitrogen and oxygen atoms in total. The Morgan fingerprint density at radius 1 is 1.17 bits per heavy atom. The van der Waals surface area contributed by atoms with E-state index in [4.69, 9.17) is 4.74 Å². The zero-order chi connectivity index (χ0) is 20.4. The van der Waals surface area contributed by atoms with Crippen molar-refractivity contribution >= 4 is 22.5 Å². The van der Waals surface area contributed by atoms with Gasteiger partial charge in [-0.1, -0.05) is 0 Å². The van der Waals surface area contributed by atoms with E-state index in [1.54, 1.807) is 42.0 Å². The number of ether oxygens (including phenoxy) is 1. The van der Waals surface area contributed by atoms with E-state index >= 15 is 0 Å². The molecule has 1 aliphatic rings. The first-order valence-corrected chi connectivity index (χ1v) is 9.59. The lowest BCUT2D eigenvalue weighted by Gasteiger charge is -2.36. The molecule has 152 valence electrons. The van der Waals surface area contributed by atoms with Crippen molar-refractivity contribution in [1.29, 1.82) is 0 Å². The fourth-order valence-corrected chi connectivity index (χ4v) is 3.61. The van der Waals surface area contributed by atoms with E-state index in [2.05, 4.69) is 15.0 Å². The minimum Gasteiger partial charge on any atom is -0.383 e. The minimum absolute atomic E-state index is 0.00133. The third-order valence-corrected chi connectivity index (χ3v) is 5.32. The second kappa shape index (κ2) is 8.04. The Kier molecular flexibility index (Phi) is 5.30. The van der Waals surface area contributed by atoms with E-state index in [9.17, 15) is 9.59 Å². The summed E-state index contributed by atoms with van der Waals surface area (Å²) in [5, 5.41) is 4.67. The summed E-state index contributed by atoms with van der Waals surface area (Å²) in [6.45, 7) is 3.65. The van der Waals surface area contributed by atoms with Crippen LogP contribution >= 0.6 is 0 Å². The monoisotopic (exact) mass is 396 g/mol. The Balaban J connectivity index is 1.48. The SMILES string of the molecule is COCCn1cnc2cc(N3CCN(C(=O)c4ccnn4C)CC3)ccc2c1=O. The Morgan fingerprint density at radius 3 is 2.66 bits per heavy atom. The van der Waals surface area contributed by atoms with E-state index < -0.39 is 0 Å². The smallest absolute Gasteiger partial charge is 0.272 e. The number of fused-ring (bicyclic) bond motifs is 1. The minimum atomic E-state index is -0.0646. The van der Waals surface area contributed by atoms with Crippen molar-refractivity contribution in [3.63, 3.8) is 0 Å². The van der Waals surface area contributed by atoms with Crippen LogP contribution in [0.2, 0.25) is 0 Å². The van der Waals surface area contributed by atoms with Gasteiger partial charge in [-0.3, -0.25) is 18.8 Å². The molecule has 29 heavy (non-hydrogen) atoms. The Morgan fingerprint density at radius 2 is 1.97 bits per heavy atom. The van der Waals surface area contributed by atoms with Gasteiger partial charge in [-0.15, -0.1) is 0 Å². The van der Waals surface area contributed by atoms with Crippen molar-refractivity contribution in [1.82, 2.24) is 24.2 Å². The van der Waals surface area contributed by atoms with Crippen LogP contribution in [-0.4, -0.2) is 70.0 Å². The number of rotatable bonds is 5. The van der Waals surface area contributed by atoms with Gasteiger partial charge in [-0.25, -0.2) is 4.98 Å². The number of anilines is 1. The first-order valence-electron chi connectivity index (χ1n) is 9.59. The molecule has 1 aromatic carbocycles. The quantitative estimate of drug-likeness (QED) is 0.632. The number of hydrogen-bond donors (Lipinski definition) is 0. The topological polar surface area (TPSA) is 85.5 Å². The predicted octanol–water partition coefficient (Wildman–Crippen LogP) is 0.739. The normalized spacial score (nSPS) is 14.6. The molecule has 1 fully saturated rings. The third-order valence-electron chi connectivity index (χ3n) is 5.32. The number of benzene rings is 1. The molecule has 0 spiro atoms. The molecule has 4 rings (SSSR count). The van der Waals surface area contributed by atoms with Crippen LogP contribution in [0.4, 0.5) is 5.69 Å². The highest BCUT2D eigenvalue weighted by Gasteiger charge is 2.24. The fraction of sp³-hybridized carbons (Fsp3) is 0.400. The van der Waals surface area contributed by atoms with Gasteiger partial charge in [0.2, 0.25) is 0 Å². The largest absolute Gasteiger partial charge is 0.383 e. The number of hydrogen-bond acceptors (Lipinski definition) is 6. The van der Waals surface area contributed by atoms with E-state index in [0.29, 0.717) is 42.8 Å². The molecule has 0 radical (unpaired) electrons. The van der Waals surface area contributed by atoms with Crippen LogP contribution in [0.25, 0.3) is 10.9 Å². The van der Waals surface area contributed by atoms with Crippen molar-refractivity contribution in [2.45, 2.75) is 6.54 Å². The zero-order valence-electron chi connectivity index (χ0n) is 16.6. The lowest BCUT2D eigenvalue weighted by molar-refractivity contribution is 0.0735. The molecule has 0 aliphatic carbocycles. The van der Waals surface area contributed by atoms with E-state index in [-0.39, 0.29) is 11.5 Å². The summed E-state index contributed by atoms with van der Waals surface area (Å²) >= 11 is 0. The Bertz CT molecular complexity index is 1080. The van der Waals surface area contributed by atoms with E-state index in [1.807, 2.05) is 23.1 Å². The molecule has 3 heterocycles. The third kappa shape index (κ3) is 3.73. The molecule has 2 aromatic heterocycles. The van der Waals surface area contributed by atoms with E-state index in [0.717, 1.165) is 18.8 Å². The number of amides is 1. The van der Waals surface area contributed by atoms with Crippen LogP contribution in [0, 0.1) is 0 Å². The molecule has 0 bridgehead atoms. The van der Waals surface area contributed by atoms with Crippen LogP contribution in [0.15, 0.2) is 41.6 Å². The van der Waals surface area contributed by atoms with Crippen molar-refractivity contribution in [2.75, 3.05) is 44.8 Å². The summed E-state index contributed by atoms with van der Waals surface area (Å²) < 4.78 is 8.20. The maximum absolute atomic E-state index is 12.6. The van der Waals surface area contributed by atoms with Crippen LogP contribution in [-0.2, 0) is 18.3 Å². The summed E-state index contributed by atoms with van der Waals surface area (Å²) in [6, 6.07) is 7.46. The first kappa shape index (κ1) is 19.1. The van der Waals surface area contributed by atoms with Crippen molar-refractivity contribution in [3.05, 3.63) is 52.8 Å². The second-order valence-electron chi connectivity index (χ2n) is 7.06. The molecule has 1 saturated heterocycles. The van der Waals surface area contributed by atoms with Gasteiger partial charge >= 0.3 is 0 Å². The fourth-order valence-electron chi connectivity index (χ4n) is 3.61. The molecule has 0 N–H and O–H groups in total. The standard InChI is InChI=1S/C20H24N6O3/c1-23-18(5-6-22-23)20(28)25-9-7-24(8-10-25)15-3-4-16-17(13-15)21-14-26(19(16)27)11-12-29-2/h3-6,13-14H,7-12H2,1-2H3. The second-order valence-corrected chi connectivity index (χ2v) is 7.06. The number of aromatic nitrogens is 4. The maximum atomic E-state index is 12.6. The number of nitrogens with zero attached hydrogens (tertiary/aromatic N) is 6. The summed E-state index contributed by atoms with van der Waals surface area (Å²) in [7, 11) is 3.38. The van der Waals surface area contributed by atoms with E-state index in [1.165, 1.54) is 0 Å². The van der Waals surface area contributed by atoms with Gasteiger partial charge in [0.15, 0.2) is 0 Å². The Labute approximate surface area is 168 Å². The summed E-state index contributed by atoms with van der Waals surface area (Å²) in [5.41, 5.74) is 2.21. The highest BCUT2D eigenvalue weighted by molar-refractivity contribution is 5.92. The van der Waals surface area contributed by atoms with Gasteiger partial charge in [0.05, 0.1) is 30.4 Å². The molecule has 9 heteroatoms. The van der Waals surface area contributed by atoms with Gasteiger partial charge in [-0.2, -0.15) is 5.10 Å². The van der Waals surface area contributed by atoms with Gasteiger partial charge in [0, 0.05) is 52.2 Å². The van der Waals surface area contributed by atoms with Crippen molar-refractivity contribution in [3.8, 4) is 0 Å². The molecule has 0 atom stereocenters. The van der Waals surface area contributed by atoms with Gasteiger partial charge < -0.3 is 14.5 Å². The number of aryl methyl sites for hydroxylation is 1. The van der Waals surface area contributed by atoms with Gasteiger partial charge in [0.1, 0.15) is 5.69 Å². The molecular formula is C20H24N6O3. The van der Waals surface area contributed by atoms with Crippen molar-refractivity contribution < 1.29 is 9.53 Å². The van der Waals surface area contributed by atoms with Crippen LogP contribution in [0.3, 0.4) is 0 Å². The lowest BCUT2D eigenvalue weighted by Crippen LogP contribution is -2.49. The van der Waals surface area contributed by atoms with Crippen LogP contribution in [0.5, 0.6) is 0 Å². The van der Waals surface area contributed by atoms with Crippen LogP contribution in [0.1, 0.15) is 10.5 Å². The van der Waals surface area contributed by atoms with Gasteiger partial charge in [0.25, 0.3) is 11.5 Å². The highest BCUT2D eigenvalue weighted by Crippen LogP contribution is 2.21. The maximum Gasteiger partial charge on any atom is 0.272 e. The average molecular weight is 396 g/mol. The number of piperazine rings is 1. The Hall–Kier alpha value is -3.20. The average Bonchev–Trinajstić information content (AvgIpc) is 3.18. The van der Waals surface area contributed by atoms with Crippen molar-refractivity contribution in [2.24, 2.45) is 7.05 Å². The number of carbonyl (C=O) groups excluding carboxylic acids is 1. The molecule has 1 aliphatic heterocycles. The first-order chi connectivity index (χ1) is 14.1. The molecule has 3 aromatic rings. The number of methoxy groups -OCH3 is 1. The zero-order valence-corrected chi connectivity index (χ0v) is 16.6. The van der Waals surface area contributed by atoms with Gasteiger partial charge in [-0.05, 0) is 24.3 Å². The predicted molar refractivity (Wildman–Crippen MR) is 109 cm³/mol. The summed E-state index contributed by atoms with van der Waals surface area (Å²) in [4.78, 5) is 33.7. The summed E-state index contributed by atoms with van der Waals surface area (Å²) in [5.74, 6) is 0.00133. The lowest BCUT2D eigenvalue weighted by atomic mass is 10.2. The summed E-state index contributed by atoms with van der Waals surface area (Å²) in [6.07, 6.45) is 3.20. The molecular weight excluding hydrogens is 372 g/mol. The molecule has 0 unspecified atom stereocenters. The number of carbonyl (C=O) groups is 1.